The average Bonchev–Trinajstić information content (AvgIpc) is 3.23. The molecule has 0 amide bonds. The van der Waals surface area contributed by atoms with E-state index in [-0.39, 0.29) is 11.9 Å². The molecule has 0 fully saturated rings. The van der Waals surface area contributed by atoms with Crippen LogP contribution < -0.4 is 0 Å². The summed E-state index contributed by atoms with van der Waals surface area (Å²) in [5.41, 5.74) is 0. The highest BCUT2D eigenvalue weighted by Gasteiger charge is 2.12. The molecule has 8 nitrogen and oxygen atoms in total. The van der Waals surface area contributed by atoms with Crippen molar-refractivity contribution >= 4 is 24.6 Å². The Morgan fingerprint density at radius 3 is 1.54 bits per heavy atom. The van der Waals surface area contributed by atoms with Crippen molar-refractivity contribution in [2.45, 2.75) is 51.4 Å². The number of carbonyl (C=O) groups excluding carboxylic acids is 2. The summed E-state index contributed by atoms with van der Waals surface area (Å²) in [5.74, 6) is -0.395. The topological polar surface area (TPSA) is 83.8 Å². The van der Waals surface area contributed by atoms with Gasteiger partial charge in [0.05, 0.1) is 26.2 Å². The maximum absolute atomic E-state index is 11.6. The molecule has 24 heavy (non-hydrogen) atoms. The molecule has 0 saturated heterocycles. The summed E-state index contributed by atoms with van der Waals surface area (Å²) in [6.45, 7) is 2.68. The molecule has 0 aromatic carbocycles. The molecule has 0 bridgehead atoms. The van der Waals surface area contributed by atoms with E-state index in [1.54, 1.807) is 12.7 Å². The Morgan fingerprint density at radius 1 is 0.750 bits per heavy atom. The Bertz CT molecular complexity index is 425. The molecule has 0 atom stereocenters. The molecule has 0 radical (unpaired) electrons. The molecule has 0 N–H and O–H groups in total. The monoisotopic (exact) mass is 338 g/mol. The molecular weight excluding hydrogens is 312 g/mol. The van der Waals surface area contributed by atoms with Gasteiger partial charge in [0.2, 0.25) is 0 Å². The van der Waals surface area contributed by atoms with Gasteiger partial charge in [-0.15, -0.1) is 0 Å². The van der Waals surface area contributed by atoms with Gasteiger partial charge in [-0.1, -0.05) is 25.7 Å². The van der Waals surface area contributed by atoms with Crippen LogP contribution in [0.3, 0.4) is 0 Å². The van der Waals surface area contributed by atoms with Gasteiger partial charge < -0.3 is 9.68 Å². The predicted octanol–water partition coefficient (Wildman–Crippen LogP) is 1.71. The Balaban J connectivity index is 1.36. The van der Waals surface area contributed by atoms with Crippen LogP contribution in [-0.2, 0) is 19.3 Å². The predicted molar refractivity (Wildman–Crippen MR) is 89.3 cm³/mol. The van der Waals surface area contributed by atoms with E-state index in [1.807, 2.05) is 0 Å². The maximum Gasteiger partial charge on any atom is 0.332 e. The van der Waals surface area contributed by atoms with Crippen LogP contribution in [0.25, 0.3) is 0 Å². The number of hydrogen-bond donors (Lipinski definition) is 0. The zero-order chi connectivity index (χ0) is 17.0. The number of hydroxylamine groups is 4. The number of hydrogen-bond acceptors (Lipinski definition) is 8. The van der Waals surface area contributed by atoms with Gasteiger partial charge in [0.25, 0.3) is 0 Å². The summed E-state index contributed by atoms with van der Waals surface area (Å²) >= 11 is 0. The van der Waals surface area contributed by atoms with Crippen LogP contribution in [-0.4, -0.2) is 60.9 Å². The van der Waals surface area contributed by atoms with Crippen molar-refractivity contribution in [1.82, 2.24) is 10.1 Å². The number of nitrogens with zero attached hydrogens (tertiary/aromatic N) is 4. The second kappa shape index (κ2) is 10.6. The second-order valence-electron chi connectivity index (χ2n) is 5.87. The normalized spacial score (nSPS) is 16.0. The molecule has 0 aromatic heterocycles. The van der Waals surface area contributed by atoms with E-state index >= 15 is 0 Å². The summed E-state index contributed by atoms with van der Waals surface area (Å²) in [4.78, 5) is 41.3. The second-order valence-corrected chi connectivity index (χ2v) is 5.87. The maximum atomic E-state index is 11.6. The van der Waals surface area contributed by atoms with Gasteiger partial charge in [0.15, 0.2) is 0 Å². The lowest BCUT2D eigenvalue weighted by Gasteiger charge is -2.13. The van der Waals surface area contributed by atoms with E-state index < -0.39 is 0 Å². The average molecular weight is 338 g/mol. The zero-order valence-corrected chi connectivity index (χ0v) is 14.1. The minimum absolute atomic E-state index is 0.198. The van der Waals surface area contributed by atoms with Crippen LogP contribution in [0.5, 0.6) is 0 Å². The van der Waals surface area contributed by atoms with Gasteiger partial charge in [-0.05, 0) is 12.8 Å². The third-order valence-corrected chi connectivity index (χ3v) is 3.77. The lowest BCUT2D eigenvalue weighted by Crippen LogP contribution is -2.24. The van der Waals surface area contributed by atoms with Crippen molar-refractivity contribution < 1.29 is 19.3 Å². The van der Waals surface area contributed by atoms with Crippen LogP contribution in [0.4, 0.5) is 0 Å². The summed E-state index contributed by atoms with van der Waals surface area (Å²) in [6.07, 6.45) is 9.77. The molecule has 0 saturated carbocycles. The summed E-state index contributed by atoms with van der Waals surface area (Å²) in [6, 6.07) is 0. The van der Waals surface area contributed by atoms with Crippen molar-refractivity contribution in [3.8, 4) is 0 Å². The van der Waals surface area contributed by atoms with Crippen molar-refractivity contribution in [1.29, 1.82) is 0 Å². The highest BCUT2D eigenvalue weighted by Crippen LogP contribution is 2.10. The molecule has 2 heterocycles. The number of carbonyl (C=O) groups is 2. The largest absolute Gasteiger partial charge is 0.340 e. The first-order chi connectivity index (χ1) is 11.7. The van der Waals surface area contributed by atoms with Gasteiger partial charge in [-0.25, -0.2) is 9.59 Å². The van der Waals surface area contributed by atoms with Crippen LogP contribution in [0, 0.1) is 0 Å². The molecule has 2 aliphatic heterocycles. The van der Waals surface area contributed by atoms with Crippen LogP contribution in [0.1, 0.15) is 51.4 Å². The fraction of sp³-hybridized carbons (Fsp3) is 0.750. The Labute approximate surface area is 142 Å². The lowest BCUT2D eigenvalue weighted by molar-refractivity contribution is -0.171. The Hall–Kier alpha value is -2.12. The summed E-state index contributed by atoms with van der Waals surface area (Å²) in [7, 11) is 0. The van der Waals surface area contributed by atoms with Crippen molar-refractivity contribution in [2.75, 3.05) is 26.2 Å². The van der Waals surface area contributed by atoms with Gasteiger partial charge in [0.1, 0.15) is 12.7 Å². The minimum Gasteiger partial charge on any atom is -0.340 e. The Morgan fingerprint density at radius 2 is 1.17 bits per heavy atom. The molecular formula is C16H26N4O4. The summed E-state index contributed by atoms with van der Waals surface area (Å²) in [5, 5.41) is 2.96. The molecule has 2 rings (SSSR count). The van der Waals surface area contributed by atoms with Gasteiger partial charge in [0, 0.05) is 12.8 Å². The van der Waals surface area contributed by atoms with Crippen molar-refractivity contribution in [3.05, 3.63) is 0 Å². The fourth-order valence-corrected chi connectivity index (χ4v) is 2.46. The van der Waals surface area contributed by atoms with Crippen molar-refractivity contribution in [2.24, 2.45) is 9.98 Å². The number of aliphatic imine (C=N–C) groups is 2. The van der Waals surface area contributed by atoms with E-state index in [0.29, 0.717) is 39.0 Å². The van der Waals surface area contributed by atoms with Gasteiger partial charge >= 0.3 is 11.9 Å². The standard InChI is InChI=1S/C16H26N4O4/c21-15(23-19-11-9-17-13-19)7-5-3-1-2-4-6-8-16(22)24-20-12-10-18-14-20/h13-14H,1-12H2. The summed E-state index contributed by atoms with van der Waals surface area (Å²) < 4.78 is 0. The molecule has 0 aromatic rings. The SMILES string of the molecule is O=C(CCCCCCCCC(=O)ON1C=NCC1)ON1C=NCC1. The van der Waals surface area contributed by atoms with E-state index in [0.717, 1.165) is 38.5 Å². The fourth-order valence-electron chi connectivity index (χ4n) is 2.46. The minimum atomic E-state index is -0.198. The van der Waals surface area contributed by atoms with Crippen LogP contribution >= 0.6 is 0 Å². The molecule has 2 aliphatic rings. The highest BCUT2D eigenvalue weighted by molar-refractivity contribution is 5.71. The van der Waals surface area contributed by atoms with Gasteiger partial charge in [-0.2, -0.15) is 10.1 Å². The smallest absolute Gasteiger partial charge is 0.332 e. The number of rotatable bonds is 11. The molecule has 0 unspecified atom stereocenters. The number of unbranched alkanes of at least 4 members (excludes halogenated alkanes) is 5. The molecule has 0 spiro atoms. The zero-order valence-electron chi connectivity index (χ0n) is 14.1. The third-order valence-electron chi connectivity index (χ3n) is 3.77. The quantitative estimate of drug-likeness (QED) is 0.533. The van der Waals surface area contributed by atoms with E-state index in [1.165, 1.54) is 10.1 Å². The molecule has 134 valence electrons. The van der Waals surface area contributed by atoms with Gasteiger partial charge in [-0.3, -0.25) is 9.98 Å². The third kappa shape index (κ3) is 7.43. The van der Waals surface area contributed by atoms with E-state index in [9.17, 15) is 9.59 Å². The molecule has 8 heteroatoms. The first-order valence-electron chi connectivity index (χ1n) is 8.69. The van der Waals surface area contributed by atoms with Crippen LogP contribution in [0.15, 0.2) is 9.98 Å². The first-order valence-corrected chi connectivity index (χ1v) is 8.69. The van der Waals surface area contributed by atoms with Crippen molar-refractivity contribution in [3.63, 3.8) is 0 Å². The lowest BCUT2D eigenvalue weighted by atomic mass is 10.1. The molecule has 0 aliphatic carbocycles. The Kier molecular flexibility index (Phi) is 8.06. The highest BCUT2D eigenvalue weighted by atomic mass is 16.7. The van der Waals surface area contributed by atoms with Crippen LogP contribution in [0.2, 0.25) is 0 Å². The van der Waals surface area contributed by atoms with E-state index in [2.05, 4.69) is 9.98 Å². The van der Waals surface area contributed by atoms with E-state index in [4.69, 9.17) is 9.68 Å². The first kappa shape index (κ1) is 18.2.